The van der Waals surface area contributed by atoms with Gasteiger partial charge in [0.05, 0.1) is 17.2 Å². The van der Waals surface area contributed by atoms with E-state index in [1.54, 1.807) is 11.3 Å². The molecule has 0 radical (unpaired) electrons. The van der Waals surface area contributed by atoms with Crippen molar-refractivity contribution in [3.63, 3.8) is 0 Å². The van der Waals surface area contributed by atoms with Gasteiger partial charge in [-0.2, -0.15) is 0 Å². The van der Waals surface area contributed by atoms with Crippen LogP contribution in [0.25, 0.3) is 0 Å². The number of hydrogen-bond acceptors (Lipinski definition) is 5. The van der Waals surface area contributed by atoms with Gasteiger partial charge in [-0.3, -0.25) is 4.79 Å². The lowest BCUT2D eigenvalue weighted by atomic mass is 10.1. The second kappa shape index (κ2) is 7.00. The monoisotopic (exact) mass is 313 g/mol. The summed E-state index contributed by atoms with van der Waals surface area (Å²) < 4.78 is 4.64. The van der Waals surface area contributed by atoms with Gasteiger partial charge in [0, 0.05) is 17.9 Å². The van der Waals surface area contributed by atoms with Gasteiger partial charge in [0.2, 0.25) is 0 Å². The largest absolute Gasteiger partial charge is 0.364 e. The maximum atomic E-state index is 11.7. The van der Waals surface area contributed by atoms with Crippen LogP contribution in [0.2, 0.25) is 0 Å². The Morgan fingerprint density at radius 3 is 2.82 bits per heavy atom. The van der Waals surface area contributed by atoms with Crippen LogP contribution in [0.15, 0.2) is 52.6 Å². The molecule has 1 amide bonds. The number of rotatable bonds is 6. The van der Waals surface area contributed by atoms with E-state index in [-0.39, 0.29) is 11.6 Å². The summed E-state index contributed by atoms with van der Waals surface area (Å²) in [6.07, 6.45) is 3.25. The van der Waals surface area contributed by atoms with E-state index in [1.165, 1.54) is 17.9 Å². The normalized spacial score (nSPS) is 10.5. The number of carbonyl (C=O) groups is 1. The third-order valence-corrected chi connectivity index (χ3v) is 4.13. The molecule has 0 unspecified atom stereocenters. The van der Waals surface area contributed by atoms with Crippen LogP contribution in [0.3, 0.4) is 0 Å². The fourth-order valence-electron chi connectivity index (χ4n) is 2.03. The minimum Gasteiger partial charge on any atom is -0.364 e. The van der Waals surface area contributed by atoms with Gasteiger partial charge in [-0.25, -0.2) is 4.98 Å². The number of amides is 1. The van der Waals surface area contributed by atoms with E-state index >= 15 is 0 Å². The maximum absolute atomic E-state index is 11.7. The topological polar surface area (TPSA) is 68.0 Å². The van der Waals surface area contributed by atoms with Crippen molar-refractivity contribution < 1.29 is 9.32 Å². The number of nitrogens with one attached hydrogen (secondary N) is 1. The Hall–Kier alpha value is -2.47. The van der Waals surface area contributed by atoms with Crippen LogP contribution in [0.5, 0.6) is 0 Å². The predicted octanol–water partition coefficient (Wildman–Crippen LogP) is 2.85. The molecule has 0 saturated heterocycles. The second-order valence-corrected chi connectivity index (χ2v) is 5.73. The zero-order valence-corrected chi connectivity index (χ0v) is 12.7. The number of hydrogen-bond donors (Lipinski definition) is 1. The average Bonchev–Trinajstić information content (AvgIpc) is 3.23. The van der Waals surface area contributed by atoms with Crippen molar-refractivity contribution in [2.24, 2.45) is 0 Å². The summed E-state index contributed by atoms with van der Waals surface area (Å²) in [7, 11) is 0. The first-order valence-corrected chi connectivity index (χ1v) is 7.85. The van der Waals surface area contributed by atoms with Crippen LogP contribution in [-0.4, -0.2) is 16.0 Å². The van der Waals surface area contributed by atoms with E-state index in [2.05, 4.69) is 32.1 Å². The summed E-state index contributed by atoms with van der Waals surface area (Å²) >= 11 is 1.62. The van der Waals surface area contributed by atoms with Crippen molar-refractivity contribution in [3.8, 4) is 0 Å². The molecule has 0 spiro atoms. The molecular formula is C16H15N3O2S. The van der Waals surface area contributed by atoms with Gasteiger partial charge in [0.1, 0.15) is 6.26 Å². The minimum atomic E-state index is -0.257. The van der Waals surface area contributed by atoms with Gasteiger partial charge in [0.25, 0.3) is 5.91 Å². The van der Waals surface area contributed by atoms with Crippen LogP contribution < -0.4 is 5.32 Å². The zero-order chi connectivity index (χ0) is 15.2. The highest BCUT2D eigenvalue weighted by Crippen LogP contribution is 2.13. The molecule has 22 heavy (non-hydrogen) atoms. The Morgan fingerprint density at radius 2 is 2.05 bits per heavy atom. The molecular weight excluding hydrogens is 298 g/mol. The van der Waals surface area contributed by atoms with E-state index < -0.39 is 0 Å². The lowest BCUT2D eigenvalue weighted by Gasteiger charge is -2.00. The summed E-state index contributed by atoms with van der Waals surface area (Å²) in [4.78, 5) is 16.3. The van der Waals surface area contributed by atoms with E-state index in [0.29, 0.717) is 6.54 Å². The van der Waals surface area contributed by atoms with Gasteiger partial charge < -0.3 is 9.84 Å². The molecule has 0 bridgehead atoms. The smallest absolute Gasteiger partial charge is 0.273 e. The Labute approximate surface area is 132 Å². The SMILES string of the molecule is O=C(NCc1csc(CCc2ccccc2)n1)c1ccon1. The third-order valence-electron chi connectivity index (χ3n) is 3.17. The van der Waals surface area contributed by atoms with Crippen molar-refractivity contribution in [2.75, 3.05) is 0 Å². The van der Waals surface area contributed by atoms with Gasteiger partial charge in [-0.15, -0.1) is 11.3 Å². The summed E-state index contributed by atoms with van der Waals surface area (Å²) in [5.41, 5.74) is 2.45. The molecule has 2 aromatic heterocycles. The summed E-state index contributed by atoms with van der Waals surface area (Å²) in [6, 6.07) is 11.9. The molecule has 0 atom stereocenters. The second-order valence-electron chi connectivity index (χ2n) is 4.79. The Kier molecular flexibility index (Phi) is 4.60. The van der Waals surface area contributed by atoms with Crippen molar-refractivity contribution in [2.45, 2.75) is 19.4 Å². The van der Waals surface area contributed by atoms with Crippen LogP contribution >= 0.6 is 11.3 Å². The highest BCUT2D eigenvalue weighted by atomic mass is 32.1. The quantitative estimate of drug-likeness (QED) is 0.760. The Bertz CT molecular complexity index is 723. The number of benzene rings is 1. The highest BCUT2D eigenvalue weighted by molar-refractivity contribution is 7.09. The van der Waals surface area contributed by atoms with Gasteiger partial charge in [-0.05, 0) is 12.0 Å². The first-order chi connectivity index (χ1) is 10.8. The van der Waals surface area contributed by atoms with Crippen LogP contribution in [-0.2, 0) is 19.4 Å². The first-order valence-electron chi connectivity index (χ1n) is 6.97. The molecule has 6 heteroatoms. The van der Waals surface area contributed by atoms with Gasteiger partial charge >= 0.3 is 0 Å². The van der Waals surface area contributed by atoms with Crippen LogP contribution in [0.1, 0.15) is 26.8 Å². The van der Waals surface area contributed by atoms with E-state index in [0.717, 1.165) is 23.5 Å². The number of nitrogens with zero attached hydrogens (tertiary/aromatic N) is 2. The average molecular weight is 313 g/mol. The number of carbonyl (C=O) groups excluding carboxylic acids is 1. The minimum absolute atomic E-state index is 0.257. The van der Waals surface area contributed by atoms with E-state index in [1.807, 2.05) is 23.6 Å². The molecule has 0 aliphatic carbocycles. The van der Waals surface area contributed by atoms with Crippen LogP contribution in [0, 0.1) is 0 Å². The predicted molar refractivity (Wildman–Crippen MR) is 83.6 cm³/mol. The van der Waals surface area contributed by atoms with Crippen molar-refractivity contribution in [1.29, 1.82) is 0 Å². The number of aromatic nitrogens is 2. The molecule has 112 valence electrons. The highest BCUT2D eigenvalue weighted by Gasteiger charge is 2.09. The Balaban J connectivity index is 1.50. The summed E-state index contributed by atoms with van der Waals surface area (Å²) in [5, 5.41) is 9.42. The molecule has 3 rings (SSSR count). The molecule has 5 nitrogen and oxygen atoms in total. The molecule has 1 aromatic carbocycles. The van der Waals surface area contributed by atoms with E-state index in [4.69, 9.17) is 0 Å². The molecule has 3 aromatic rings. The lowest BCUT2D eigenvalue weighted by Crippen LogP contribution is -2.23. The summed E-state index contributed by atoms with van der Waals surface area (Å²) in [5.74, 6) is -0.257. The molecule has 0 aliphatic rings. The summed E-state index contributed by atoms with van der Waals surface area (Å²) in [6.45, 7) is 0.396. The molecule has 2 heterocycles. The molecule has 0 aliphatic heterocycles. The van der Waals surface area contributed by atoms with E-state index in [9.17, 15) is 4.79 Å². The van der Waals surface area contributed by atoms with Crippen molar-refractivity contribution >= 4 is 17.2 Å². The number of thiazole rings is 1. The number of aryl methyl sites for hydroxylation is 2. The fraction of sp³-hybridized carbons (Fsp3) is 0.188. The zero-order valence-electron chi connectivity index (χ0n) is 11.9. The lowest BCUT2D eigenvalue weighted by molar-refractivity contribution is 0.0941. The molecule has 1 N–H and O–H groups in total. The van der Waals surface area contributed by atoms with Crippen LogP contribution in [0.4, 0.5) is 0 Å². The Morgan fingerprint density at radius 1 is 1.18 bits per heavy atom. The fourth-order valence-corrected chi connectivity index (χ4v) is 2.83. The molecule has 0 saturated carbocycles. The standard InChI is InChI=1S/C16H15N3O2S/c20-16(14-8-9-21-19-14)17-10-13-11-22-15(18-13)7-6-12-4-2-1-3-5-12/h1-5,8-9,11H,6-7,10H2,(H,17,20). The molecule has 0 fully saturated rings. The van der Waals surface area contributed by atoms with Gasteiger partial charge in [-0.1, -0.05) is 35.5 Å². The first kappa shape index (κ1) is 14.5. The van der Waals surface area contributed by atoms with Crippen molar-refractivity contribution in [3.05, 3.63) is 70.0 Å². The van der Waals surface area contributed by atoms with Crippen molar-refractivity contribution in [1.82, 2.24) is 15.5 Å². The third kappa shape index (κ3) is 3.79. The maximum Gasteiger partial charge on any atom is 0.273 e. The van der Waals surface area contributed by atoms with Gasteiger partial charge in [0.15, 0.2) is 5.69 Å².